The second-order valence-corrected chi connectivity index (χ2v) is 18.1. The van der Waals surface area contributed by atoms with Crippen LogP contribution in [0.15, 0.2) is 215 Å². The number of hydrogen-bond acceptors (Lipinski definition) is 4. The molecule has 0 aliphatic rings. The number of aromatic nitrogens is 2. The third-order valence-electron chi connectivity index (χ3n) is 14.5. The van der Waals surface area contributed by atoms with Crippen LogP contribution in [0.2, 0.25) is 0 Å². The number of para-hydroxylation sites is 2. The fourth-order valence-corrected chi connectivity index (χ4v) is 11.6. The summed E-state index contributed by atoms with van der Waals surface area (Å²) in [5, 5.41) is 36.6. The molecule has 0 atom stereocenters. The van der Waals surface area contributed by atoms with Crippen molar-refractivity contribution < 1.29 is 8.83 Å². The Kier molecular flexibility index (Phi) is 7.82. The Morgan fingerprint density at radius 3 is 1.11 bits per heavy atom. The molecule has 0 fully saturated rings. The molecule has 0 spiro atoms. The van der Waals surface area contributed by atoms with Gasteiger partial charge < -0.3 is 18.0 Å². The van der Waals surface area contributed by atoms with E-state index in [1.165, 1.54) is 0 Å². The second kappa shape index (κ2) is 14.3. The van der Waals surface area contributed by atoms with Crippen LogP contribution >= 0.6 is 0 Å². The van der Waals surface area contributed by atoms with E-state index in [9.17, 15) is 10.5 Å². The van der Waals surface area contributed by atoms with Crippen LogP contribution in [-0.4, -0.2) is 9.13 Å². The zero-order chi connectivity index (χ0) is 46.2. The van der Waals surface area contributed by atoms with Crippen molar-refractivity contribution in [3.05, 3.63) is 217 Å². The summed E-state index contributed by atoms with van der Waals surface area (Å²) < 4.78 is 18.1. The van der Waals surface area contributed by atoms with E-state index in [-0.39, 0.29) is 0 Å². The molecule has 0 unspecified atom stereocenters. The van der Waals surface area contributed by atoms with Crippen molar-refractivity contribution in [1.29, 1.82) is 10.5 Å². The van der Waals surface area contributed by atoms with E-state index in [2.05, 4.69) is 130 Å². The van der Waals surface area contributed by atoms with Crippen molar-refractivity contribution in [1.82, 2.24) is 9.13 Å². The molecule has 0 aliphatic carbocycles. The number of nitrogens with zero attached hydrogens (tertiary/aromatic N) is 4. The Morgan fingerprint density at radius 2 is 0.700 bits per heavy atom. The van der Waals surface area contributed by atoms with Gasteiger partial charge in [0, 0.05) is 43.4 Å². The highest BCUT2D eigenvalue weighted by molar-refractivity contribution is 6.27. The van der Waals surface area contributed by atoms with Gasteiger partial charge in [0.05, 0.1) is 55.3 Å². The summed E-state index contributed by atoms with van der Waals surface area (Å²) in [5.41, 5.74) is 11.6. The summed E-state index contributed by atoms with van der Waals surface area (Å²) in [6.07, 6.45) is 0. The fourth-order valence-electron chi connectivity index (χ4n) is 11.6. The van der Waals surface area contributed by atoms with Crippen molar-refractivity contribution in [2.45, 2.75) is 0 Å². The van der Waals surface area contributed by atoms with E-state index in [0.29, 0.717) is 33.6 Å². The number of rotatable bonds is 4. The molecule has 6 nitrogen and oxygen atoms in total. The van der Waals surface area contributed by atoms with Gasteiger partial charge in [-0.05, 0) is 93.3 Å². The normalized spacial score (nSPS) is 12.0. The first-order chi connectivity index (χ1) is 34.7. The minimum Gasteiger partial charge on any atom is -0.455 e. The highest BCUT2D eigenvalue weighted by Crippen LogP contribution is 2.51. The van der Waals surface area contributed by atoms with E-state index in [1.54, 1.807) is 0 Å². The number of hydrogen-bond donors (Lipinski definition) is 0. The Morgan fingerprint density at radius 1 is 0.329 bits per heavy atom. The molecule has 6 heteroatoms. The summed E-state index contributed by atoms with van der Waals surface area (Å²) in [6.45, 7) is 0. The van der Waals surface area contributed by atoms with Crippen LogP contribution in [0, 0.1) is 22.7 Å². The molecule has 15 rings (SSSR count). The predicted octanol–water partition coefficient (Wildman–Crippen LogP) is 17.1. The lowest BCUT2D eigenvalue weighted by Crippen LogP contribution is -2.11. The maximum Gasteiger partial charge on any atom is 0.145 e. The van der Waals surface area contributed by atoms with Crippen LogP contribution in [-0.2, 0) is 0 Å². The van der Waals surface area contributed by atoms with Crippen LogP contribution in [0.5, 0.6) is 0 Å². The second-order valence-electron chi connectivity index (χ2n) is 18.1. The number of furan rings is 2. The van der Waals surface area contributed by atoms with Crippen LogP contribution in [0.1, 0.15) is 11.1 Å². The highest BCUT2D eigenvalue weighted by Gasteiger charge is 2.33. The van der Waals surface area contributed by atoms with Gasteiger partial charge in [0.25, 0.3) is 0 Å². The average Bonchev–Trinajstić information content (AvgIpc) is 4.17. The van der Waals surface area contributed by atoms with Crippen molar-refractivity contribution in [2.24, 2.45) is 0 Å². The van der Waals surface area contributed by atoms with E-state index in [4.69, 9.17) is 8.83 Å². The smallest absolute Gasteiger partial charge is 0.145 e. The minimum absolute atomic E-state index is 0.427. The SMILES string of the molecule is N#Cc1c(-c2ccccc2)c(-n2c3cc4ccccc4cc3c3c4oc5ccccc5c4ccc32)c(C#N)c(-c2ccccc2)c1-n1c2cc3ccccc3cc2c2c3oc4ccccc4c3ccc21. The third-order valence-corrected chi connectivity index (χ3v) is 14.5. The molecule has 4 heterocycles. The minimum atomic E-state index is 0.427. The van der Waals surface area contributed by atoms with Gasteiger partial charge in [-0.2, -0.15) is 10.5 Å². The molecule has 11 aromatic carbocycles. The average molecular weight is 891 g/mol. The van der Waals surface area contributed by atoms with E-state index < -0.39 is 0 Å². The largest absolute Gasteiger partial charge is 0.455 e. The van der Waals surface area contributed by atoms with Crippen molar-refractivity contribution in [3.63, 3.8) is 0 Å². The highest BCUT2D eigenvalue weighted by atomic mass is 16.3. The van der Waals surface area contributed by atoms with Gasteiger partial charge >= 0.3 is 0 Å². The molecule has 0 bridgehead atoms. The van der Waals surface area contributed by atoms with Gasteiger partial charge in [-0.25, -0.2) is 0 Å². The Bertz CT molecular complexity index is 4530. The lowest BCUT2D eigenvalue weighted by Gasteiger charge is -2.25. The molecular weight excluding hydrogens is 857 g/mol. The van der Waals surface area contributed by atoms with Crippen molar-refractivity contribution >= 4 is 109 Å². The van der Waals surface area contributed by atoms with Crippen LogP contribution < -0.4 is 0 Å². The van der Waals surface area contributed by atoms with E-state index >= 15 is 0 Å². The van der Waals surface area contributed by atoms with Crippen molar-refractivity contribution in [3.8, 4) is 45.8 Å². The summed E-state index contributed by atoms with van der Waals surface area (Å²) in [7, 11) is 0. The molecule has 0 radical (unpaired) electrons. The topological polar surface area (TPSA) is 83.7 Å². The van der Waals surface area contributed by atoms with E-state index in [0.717, 1.165) is 120 Å². The lowest BCUT2D eigenvalue weighted by atomic mass is 9.86. The first-order valence-corrected chi connectivity index (χ1v) is 23.4. The molecule has 0 saturated heterocycles. The Balaban J connectivity index is 1.19. The zero-order valence-corrected chi connectivity index (χ0v) is 37.2. The van der Waals surface area contributed by atoms with Gasteiger partial charge in [-0.3, -0.25) is 0 Å². The van der Waals surface area contributed by atoms with Crippen molar-refractivity contribution in [2.75, 3.05) is 0 Å². The third kappa shape index (κ3) is 5.14. The first kappa shape index (κ1) is 38.2. The lowest BCUT2D eigenvalue weighted by molar-refractivity contribution is 0.672. The van der Waals surface area contributed by atoms with Crippen LogP contribution in [0.25, 0.3) is 143 Å². The molecule has 70 heavy (non-hydrogen) atoms. The summed E-state index contributed by atoms with van der Waals surface area (Å²) in [4.78, 5) is 0. The predicted molar refractivity (Wildman–Crippen MR) is 285 cm³/mol. The quantitative estimate of drug-likeness (QED) is 0.176. The maximum atomic E-state index is 12.2. The zero-order valence-electron chi connectivity index (χ0n) is 37.2. The molecule has 0 aliphatic heterocycles. The summed E-state index contributed by atoms with van der Waals surface area (Å²) in [5.74, 6) is 0. The van der Waals surface area contributed by atoms with Crippen LogP contribution in [0.4, 0.5) is 0 Å². The monoisotopic (exact) mass is 890 g/mol. The standard InChI is InChI=1S/C64H34N4O2/c65-35-49-57(37-15-3-1-4-16-37)61(67-51-29-27-45-43-23-11-13-25-55(43)69-63(45)59(51)47-31-39-19-7-9-21-41(39)33-53(47)67)50(36-66)58(38-17-5-2-6-18-38)62(49)68-52-30-28-46-44-24-12-14-26-56(44)70-64(46)60(52)48-32-40-20-8-10-22-42(40)34-54(48)68/h1-34H. The number of fused-ring (bicyclic) bond motifs is 16. The molecule has 0 N–H and O–H groups in total. The summed E-state index contributed by atoms with van der Waals surface area (Å²) >= 11 is 0. The molecule has 15 aromatic rings. The molecule has 4 aromatic heterocycles. The molecule has 0 saturated carbocycles. The van der Waals surface area contributed by atoms with E-state index in [1.807, 2.05) is 97.1 Å². The Labute approximate surface area is 398 Å². The molecular formula is C64H34N4O2. The van der Waals surface area contributed by atoms with Gasteiger partial charge in [-0.15, -0.1) is 0 Å². The van der Waals surface area contributed by atoms with Gasteiger partial charge in [0.15, 0.2) is 0 Å². The number of benzene rings is 11. The maximum absolute atomic E-state index is 12.2. The first-order valence-electron chi connectivity index (χ1n) is 23.4. The Hall–Kier alpha value is -9.88. The summed E-state index contributed by atoms with van der Waals surface area (Å²) in [6, 6.07) is 76.3. The molecule has 0 amide bonds. The van der Waals surface area contributed by atoms with Gasteiger partial charge in [-0.1, -0.05) is 146 Å². The molecule has 322 valence electrons. The van der Waals surface area contributed by atoms with Gasteiger partial charge in [0.2, 0.25) is 0 Å². The fraction of sp³-hybridized carbons (Fsp3) is 0. The van der Waals surface area contributed by atoms with Crippen LogP contribution in [0.3, 0.4) is 0 Å². The number of nitriles is 2. The van der Waals surface area contributed by atoms with Gasteiger partial charge in [0.1, 0.15) is 34.5 Å².